The minimum Gasteiger partial charge on any atom is -0.145 e. The molecule has 1 aliphatic carbocycles. The maximum Gasteiger partial charge on any atom is 0.0283 e. The fourth-order valence-corrected chi connectivity index (χ4v) is 4.23. The van der Waals surface area contributed by atoms with Crippen molar-refractivity contribution in [2.75, 3.05) is 5.88 Å². The SMILES string of the molecule is CCc1ccc(CC2(CCl)CCCCC2)s1. The first kappa shape index (κ1) is 12.4. The third-order valence-corrected chi connectivity index (χ3v) is 5.61. The van der Waals surface area contributed by atoms with Crippen LogP contribution in [0.15, 0.2) is 12.1 Å². The second-order valence-corrected chi connectivity index (χ2v) is 6.61. The first-order valence-corrected chi connectivity index (χ1v) is 7.77. The van der Waals surface area contributed by atoms with E-state index in [-0.39, 0.29) is 0 Å². The number of aryl methyl sites for hydroxylation is 1. The predicted molar refractivity (Wildman–Crippen MR) is 73.6 cm³/mol. The van der Waals surface area contributed by atoms with Crippen LogP contribution in [0.4, 0.5) is 0 Å². The van der Waals surface area contributed by atoms with Gasteiger partial charge in [-0.15, -0.1) is 22.9 Å². The molecule has 0 spiro atoms. The van der Waals surface area contributed by atoms with Gasteiger partial charge >= 0.3 is 0 Å². The van der Waals surface area contributed by atoms with Gasteiger partial charge in [0.25, 0.3) is 0 Å². The molecule has 16 heavy (non-hydrogen) atoms. The highest BCUT2D eigenvalue weighted by atomic mass is 35.5. The van der Waals surface area contributed by atoms with Crippen LogP contribution in [0, 0.1) is 5.41 Å². The lowest BCUT2D eigenvalue weighted by Gasteiger charge is -2.35. The topological polar surface area (TPSA) is 0 Å². The molecule has 0 bridgehead atoms. The number of rotatable bonds is 4. The first-order valence-electron chi connectivity index (χ1n) is 6.41. The van der Waals surface area contributed by atoms with Crippen LogP contribution in [0.1, 0.15) is 48.8 Å². The summed E-state index contributed by atoms with van der Waals surface area (Å²) in [7, 11) is 0. The third-order valence-electron chi connectivity index (χ3n) is 3.81. The highest BCUT2D eigenvalue weighted by Crippen LogP contribution is 2.41. The number of alkyl halides is 1. The molecule has 0 aliphatic heterocycles. The molecule has 90 valence electrons. The molecule has 0 radical (unpaired) electrons. The Morgan fingerprint density at radius 1 is 1.19 bits per heavy atom. The molecule has 0 unspecified atom stereocenters. The molecule has 1 aromatic heterocycles. The molecular formula is C14H21ClS. The standard InChI is InChI=1S/C14H21ClS/c1-2-12-6-7-13(16-12)10-14(11-15)8-4-3-5-9-14/h6-7H,2-5,8-11H2,1H3. The van der Waals surface area contributed by atoms with E-state index in [1.54, 1.807) is 4.88 Å². The van der Waals surface area contributed by atoms with Gasteiger partial charge in [0.15, 0.2) is 0 Å². The molecular weight excluding hydrogens is 236 g/mol. The summed E-state index contributed by atoms with van der Waals surface area (Å²) in [5.74, 6) is 0.840. The Morgan fingerprint density at radius 2 is 1.88 bits per heavy atom. The molecule has 1 saturated carbocycles. The van der Waals surface area contributed by atoms with E-state index in [1.165, 1.54) is 49.8 Å². The van der Waals surface area contributed by atoms with Gasteiger partial charge in [-0.05, 0) is 43.2 Å². The van der Waals surface area contributed by atoms with Crippen LogP contribution in [0.25, 0.3) is 0 Å². The smallest absolute Gasteiger partial charge is 0.0283 e. The van der Waals surface area contributed by atoms with Crippen molar-refractivity contribution in [1.29, 1.82) is 0 Å². The Kier molecular flexibility index (Phi) is 4.32. The Hall–Kier alpha value is -0.0100. The number of thiophene rings is 1. The van der Waals surface area contributed by atoms with Crippen molar-refractivity contribution in [1.82, 2.24) is 0 Å². The lowest BCUT2D eigenvalue weighted by Crippen LogP contribution is -2.28. The van der Waals surface area contributed by atoms with Crippen LogP contribution < -0.4 is 0 Å². The van der Waals surface area contributed by atoms with Gasteiger partial charge in [0.2, 0.25) is 0 Å². The van der Waals surface area contributed by atoms with Crippen LogP contribution in [0.5, 0.6) is 0 Å². The monoisotopic (exact) mass is 256 g/mol. The maximum atomic E-state index is 6.23. The van der Waals surface area contributed by atoms with Crippen molar-refractivity contribution in [3.8, 4) is 0 Å². The summed E-state index contributed by atoms with van der Waals surface area (Å²) in [6.45, 7) is 2.23. The average molecular weight is 257 g/mol. The van der Waals surface area contributed by atoms with Gasteiger partial charge in [-0.25, -0.2) is 0 Å². The molecule has 2 heteroatoms. The van der Waals surface area contributed by atoms with Crippen LogP contribution in [0.3, 0.4) is 0 Å². The van der Waals surface area contributed by atoms with Gasteiger partial charge in [0.05, 0.1) is 0 Å². The van der Waals surface area contributed by atoms with E-state index in [2.05, 4.69) is 19.1 Å². The van der Waals surface area contributed by atoms with Gasteiger partial charge < -0.3 is 0 Å². The van der Waals surface area contributed by atoms with E-state index in [1.807, 2.05) is 11.3 Å². The van der Waals surface area contributed by atoms with Gasteiger partial charge in [0, 0.05) is 15.6 Å². The second kappa shape index (κ2) is 5.55. The van der Waals surface area contributed by atoms with Crippen molar-refractivity contribution in [2.45, 2.75) is 51.9 Å². The molecule has 1 heterocycles. The Balaban J connectivity index is 2.05. The zero-order chi connectivity index (χ0) is 11.4. The summed E-state index contributed by atoms with van der Waals surface area (Å²) >= 11 is 8.21. The van der Waals surface area contributed by atoms with Crippen molar-refractivity contribution >= 4 is 22.9 Å². The zero-order valence-electron chi connectivity index (χ0n) is 10.1. The lowest BCUT2D eigenvalue weighted by molar-refractivity contribution is 0.221. The van der Waals surface area contributed by atoms with E-state index in [4.69, 9.17) is 11.6 Å². The highest BCUT2D eigenvalue weighted by Gasteiger charge is 2.31. The predicted octanol–water partition coefficient (Wildman–Crippen LogP) is 5.04. The van der Waals surface area contributed by atoms with E-state index in [9.17, 15) is 0 Å². The molecule has 0 N–H and O–H groups in total. The Labute approximate surface area is 108 Å². The number of hydrogen-bond acceptors (Lipinski definition) is 1. The summed E-state index contributed by atoms with van der Waals surface area (Å²) in [4.78, 5) is 3.05. The van der Waals surface area contributed by atoms with E-state index in [0.29, 0.717) is 5.41 Å². The quantitative estimate of drug-likeness (QED) is 0.662. The van der Waals surface area contributed by atoms with Crippen LogP contribution >= 0.6 is 22.9 Å². The molecule has 0 aromatic carbocycles. The second-order valence-electron chi connectivity index (χ2n) is 5.09. The van der Waals surface area contributed by atoms with E-state index in [0.717, 1.165) is 5.88 Å². The molecule has 1 aromatic rings. The van der Waals surface area contributed by atoms with Crippen LogP contribution in [-0.4, -0.2) is 5.88 Å². The molecule has 0 nitrogen and oxygen atoms in total. The summed E-state index contributed by atoms with van der Waals surface area (Å²) in [5, 5.41) is 0. The van der Waals surface area contributed by atoms with Crippen molar-refractivity contribution in [2.24, 2.45) is 5.41 Å². The summed E-state index contributed by atoms with van der Waals surface area (Å²) in [6, 6.07) is 4.59. The molecule has 0 amide bonds. The lowest BCUT2D eigenvalue weighted by atomic mass is 9.73. The third kappa shape index (κ3) is 2.81. The maximum absolute atomic E-state index is 6.23. The van der Waals surface area contributed by atoms with Gasteiger partial charge in [-0.1, -0.05) is 26.2 Å². The molecule has 0 atom stereocenters. The normalized spacial score (nSPS) is 19.9. The molecule has 1 fully saturated rings. The molecule has 1 aliphatic rings. The van der Waals surface area contributed by atoms with Gasteiger partial charge in [-0.2, -0.15) is 0 Å². The van der Waals surface area contributed by atoms with Crippen molar-refractivity contribution in [3.05, 3.63) is 21.9 Å². The fourth-order valence-electron chi connectivity index (χ4n) is 2.74. The first-order chi connectivity index (χ1) is 7.78. The highest BCUT2D eigenvalue weighted by molar-refractivity contribution is 7.11. The minimum absolute atomic E-state index is 0.412. The zero-order valence-corrected chi connectivity index (χ0v) is 11.7. The van der Waals surface area contributed by atoms with Gasteiger partial charge in [-0.3, -0.25) is 0 Å². The Morgan fingerprint density at radius 3 is 2.44 bits per heavy atom. The summed E-state index contributed by atoms with van der Waals surface area (Å²) < 4.78 is 0. The Bertz CT molecular complexity index is 323. The summed E-state index contributed by atoms with van der Waals surface area (Å²) in [6.07, 6.45) is 9.19. The van der Waals surface area contributed by atoms with Crippen molar-refractivity contribution < 1.29 is 0 Å². The number of hydrogen-bond donors (Lipinski definition) is 0. The van der Waals surface area contributed by atoms with E-state index >= 15 is 0 Å². The average Bonchev–Trinajstić information content (AvgIpc) is 2.78. The van der Waals surface area contributed by atoms with Crippen LogP contribution in [-0.2, 0) is 12.8 Å². The minimum atomic E-state index is 0.412. The fraction of sp³-hybridized carbons (Fsp3) is 0.714. The molecule has 0 saturated heterocycles. The van der Waals surface area contributed by atoms with Gasteiger partial charge in [0.1, 0.15) is 0 Å². The van der Waals surface area contributed by atoms with Crippen molar-refractivity contribution in [3.63, 3.8) is 0 Å². The molecule has 2 rings (SSSR count). The van der Waals surface area contributed by atoms with E-state index < -0.39 is 0 Å². The summed E-state index contributed by atoms with van der Waals surface area (Å²) in [5.41, 5.74) is 0.412. The largest absolute Gasteiger partial charge is 0.145 e. The van der Waals surface area contributed by atoms with Crippen LogP contribution in [0.2, 0.25) is 0 Å². The number of halogens is 1.